The zero-order chi connectivity index (χ0) is 20.6. The highest BCUT2D eigenvalue weighted by molar-refractivity contribution is 14.0. The standard InChI is InChI=1S/C22H31N3O2S.HI/c1-5-22(6-2,19-10-8-7-9-11-19)17-25-21(23-3)24-16-18-12-14-20(15-13-18)28(4,26)27;/h7-15H,5-6,16-17H2,1-4H3,(H2,23,24,25);1H. The van der Waals surface area contributed by atoms with Crippen LogP contribution in [0.25, 0.3) is 0 Å². The van der Waals surface area contributed by atoms with Gasteiger partial charge in [0.05, 0.1) is 4.90 Å². The van der Waals surface area contributed by atoms with Gasteiger partial charge in [-0.15, -0.1) is 24.0 Å². The summed E-state index contributed by atoms with van der Waals surface area (Å²) in [5.41, 5.74) is 2.38. The number of halogens is 1. The van der Waals surface area contributed by atoms with E-state index in [2.05, 4.69) is 53.7 Å². The molecule has 0 fully saturated rings. The van der Waals surface area contributed by atoms with Crippen molar-refractivity contribution in [1.29, 1.82) is 0 Å². The second-order valence-electron chi connectivity index (χ2n) is 7.05. The van der Waals surface area contributed by atoms with E-state index in [0.29, 0.717) is 11.4 Å². The number of benzene rings is 2. The monoisotopic (exact) mass is 529 g/mol. The largest absolute Gasteiger partial charge is 0.356 e. The highest BCUT2D eigenvalue weighted by Crippen LogP contribution is 2.30. The SMILES string of the molecule is CCC(CC)(CNC(=NC)NCc1ccc(S(C)(=O)=O)cc1)c1ccccc1.I. The summed E-state index contributed by atoms with van der Waals surface area (Å²) < 4.78 is 23.1. The van der Waals surface area contributed by atoms with E-state index in [9.17, 15) is 8.42 Å². The predicted molar refractivity (Wildman–Crippen MR) is 132 cm³/mol. The lowest BCUT2D eigenvalue weighted by atomic mass is 9.76. The number of aliphatic imine (C=N–C) groups is 1. The molecule has 0 unspecified atom stereocenters. The molecule has 0 bridgehead atoms. The first-order valence-corrected chi connectivity index (χ1v) is 11.5. The van der Waals surface area contributed by atoms with Crippen LogP contribution >= 0.6 is 24.0 Å². The molecule has 0 saturated heterocycles. The minimum Gasteiger partial charge on any atom is -0.356 e. The molecule has 0 spiro atoms. The molecular weight excluding hydrogens is 497 g/mol. The molecule has 5 nitrogen and oxygen atoms in total. The predicted octanol–water partition coefficient (Wildman–Crippen LogP) is 4.13. The third kappa shape index (κ3) is 6.99. The average Bonchev–Trinajstić information content (AvgIpc) is 2.71. The number of sulfone groups is 1. The Labute approximate surface area is 192 Å². The minimum absolute atomic E-state index is 0. The first kappa shape index (κ1) is 25.4. The number of hydrogen-bond acceptors (Lipinski definition) is 3. The van der Waals surface area contributed by atoms with E-state index in [4.69, 9.17) is 0 Å². The second-order valence-corrected chi connectivity index (χ2v) is 9.06. The highest BCUT2D eigenvalue weighted by atomic mass is 127. The lowest BCUT2D eigenvalue weighted by Crippen LogP contribution is -2.45. The Balaban J connectivity index is 0.00000420. The van der Waals surface area contributed by atoms with E-state index in [-0.39, 0.29) is 29.4 Å². The first-order valence-electron chi connectivity index (χ1n) is 9.63. The molecule has 29 heavy (non-hydrogen) atoms. The van der Waals surface area contributed by atoms with Crippen molar-refractivity contribution >= 4 is 39.8 Å². The molecule has 160 valence electrons. The van der Waals surface area contributed by atoms with Gasteiger partial charge in [0, 0.05) is 31.8 Å². The van der Waals surface area contributed by atoms with E-state index in [1.54, 1.807) is 19.2 Å². The molecule has 2 aromatic carbocycles. The summed E-state index contributed by atoms with van der Waals surface area (Å²) in [4.78, 5) is 4.65. The summed E-state index contributed by atoms with van der Waals surface area (Å²) in [5.74, 6) is 0.731. The van der Waals surface area contributed by atoms with Gasteiger partial charge in [-0.05, 0) is 36.1 Å². The fourth-order valence-electron chi connectivity index (χ4n) is 3.32. The van der Waals surface area contributed by atoms with Crippen LogP contribution in [0.1, 0.15) is 37.8 Å². The van der Waals surface area contributed by atoms with Crippen molar-refractivity contribution < 1.29 is 8.42 Å². The van der Waals surface area contributed by atoms with Crippen LogP contribution in [0.4, 0.5) is 0 Å². The van der Waals surface area contributed by atoms with Crippen molar-refractivity contribution in [3.05, 3.63) is 65.7 Å². The van der Waals surface area contributed by atoms with Gasteiger partial charge in [-0.3, -0.25) is 4.99 Å². The Morgan fingerprint density at radius 2 is 1.55 bits per heavy atom. The quantitative estimate of drug-likeness (QED) is 0.307. The average molecular weight is 529 g/mol. The van der Waals surface area contributed by atoms with Gasteiger partial charge < -0.3 is 10.6 Å². The summed E-state index contributed by atoms with van der Waals surface area (Å²) in [5, 5.41) is 6.77. The Morgan fingerprint density at radius 3 is 2.03 bits per heavy atom. The van der Waals surface area contributed by atoms with Crippen LogP contribution in [0.5, 0.6) is 0 Å². The van der Waals surface area contributed by atoms with Gasteiger partial charge in [0.1, 0.15) is 0 Å². The smallest absolute Gasteiger partial charge is 0.191 e. The maximum absolute atomic E-state index is 11.6. The van der Waals surface area contributed by atoms with Crippen molar-refractivity contribution in [2.75, 3.05) is 19.8 Å². The number of guanidine groups is 1. The summed E-state index contributed by atoms with van der Waals surface area (Å²) in [7, 11) is -1.42. The summed E-state index contributed by atoms with van der Waals surface area (Å²) in [6.45, 7) is 5.80. The first-order chi connectivity index (χ1) is 13.3. The number of nitrogens with zero attached hydrogens (tertiary/aromatic N) is 1. The van der Waals surface area contributed by atoms with Gasteiger partial charge in [-0.2, -0.15) is 0 Å². The summed E-state index contributed by atoms with van der Waals surface area (Å²) in [6.07, 6.45) is 3.28. The number of rotatable bonds is 8. The van der Waals surface area contributed by atoms with Gasteiger partial charge in [-0.1, -0.05) is 56.3 Å². The minimum atomic E-state index is -3.17. The zero-order valence-corrected chi connectivity index (χ0v) is 20.8. The summed E-state index contributed by atoms with van der Waals surface area (Å²) >= 11 is 0. The third-order valence-electron chi connectivity index (χ3n) is 5.37. The maximum atomic E-state index is 11.6. The Hall–Kier alpha value is -1.61. The molecule has 0 aliphatic rings. The zero-order valence-electron chi connectivity index (χ0n) is 17.6. The lowest BCUT2D eigenvalue weighted by molar-refractivity contribution is 0.389. The Morgan fingerprint density at radius 1 is 0.966 bits per heavy atom. The normalized spacial score (nSPS) is 12.2. The van der Waals surface area contributed by atoms with Crippen LogP contribution in [-0.4, -0.2) is 34.2 Å². The van der Waals surface area contributed by atoms with E-state index >= 15 is 0 Å². The molecule has 0 saturated carbocycles. The molecule has 0 amide bonds. The molecule has 2 aromatic rings. The van der Waals surface area contributed by atoms with E-state index in [1.165, 1.54) is 11.8 Å². The number of nitrogens with one attached hydrogen (secondary N) is 2. The summed E-state index contributed by atoms with van der Waals surface area (Å²) in [6, 6.07) is 17.5. The Kier molecular flexibility index (Phi) is 10.1. The molecule has 0 atom stereocenters. The van der Waals surface area contributed by atoms with Crippen molar-refractivity contribution in [2.24, 2.45) is 4.99 Å². The van der Waals surface area contributed by atoms with Crippen LogP contribution in [0.2, 0.25) is 0 Å². The molecule has 0 aliphatic heterocycles. The van der Waals surface area contributed by atoms with Crippen LogP contribution in [0.3, 0.4) is 0 Å². The number of hydrogen-bond donors (Lipinski definition) is 2. The molecule has 2 rings (SSSR count). The topological polar surface area (TPSA) is 70.6 Å². The van der Waals surface area contributed by atoms with Crippen LogP contribution in [-0.2, 0) is 21.8 Å². The van der Waals surface area contributed by atoms with Gasteiger partial charge >= 0.3 is 0 Å². The van der Waals surface area contributed by atoms with Gasteiger partial charge in [0.2, 0.25) is 0 Å². The maximum Gasteiger partial charge on any atom is 0.191 e. The van der Waals surface area contributed by atoms with E-state index in [0.717, 1.165) is 30.9 Å². The molecular formula is C22H32IN3O2S. The lowest BCUT2D eigenvalue weighted by Gasteiger charge is -2.33. The molecule has 0 heterocycles. The van der Waals surface area contributed by atoms with Crippen molar-refractivity contribution in [3.63, 3.8) is 0 Å². The Bertz CT molecular complexity index is 878. The van der Waals surface area contributed by atoms with Gasteiger partial charge in [0.25, 0.3) is 0 Å². The molecule has 7 heteroatoms. The third-order valence-corrected chi connectivity index (χ3v) is 6.50. The van der Waals surface area contributed by atoms with Crippen molar-refractivity contribution in [1.82, 2.24) is 10.6 Å². The van der Waals surface area contributed by atoms with E-state index < -0.39 is 9.84 Å². The highest BCUT2D eigenvalue weighted by Gasteiger charge is 2.28. The van der Waals surface area contributed by atoms with Crippen LogP contribution in [0, 0.1) is 0 Å². The second kappa shape index (κ2) is 11.5. The fourth-order valence-corrected chi connectivity index (χ4v) is 3.95. The van der Waals surface area contributed by atoms with Crippen molar-refractivity contribution in [3.8, 4) is 0 Å². The molecule has 2 N–H and O–H groups in total. The molecule has 0 radical (unpaired) electrons. The van der Waals surface area contributed by atoms with Crippen LogP contribution in [0.15, 0.2) is 64.5 Å². The van der Waals surface area contributed by atoms with Gasteiger partial charge in [-0.25, -0.2) is 8.42 Å². The van der Waals surface area contributed by atoms with Crippen LogP contribution < -0.4 is 10.6 Å². The molecule has 0 aromatic heterocycles. The molecule has 0 aliphatic carbocycles. The van der Waals surface area contributed by atoms with Crippen molar-refractivity contribution in [2.45, 2.75) is 43.5 Å². The van der Waals surface area contributed by atoms with Gasteiger partial charge in [0.15, 0.2) is 15.8 Å². The fraction of sp³-hybridized carbons (Fsp3) is 0.409. The van der Waals surface area contributed by atoms with E-state index in [1.807, 2.05) is 18.2 Å².